The molecule has 35 heavy (non-hydrogen) atoms. The molecule has 0 saturated carbocycles. The second-order valence-corrected chi connectivity index (χ2v) is 9.32. The number of hydrogen-bond donors (Lipinski definition) is 2. The predicted octanol–water partition coefficient (Wildman–Crippen LogP) is 4.20. The second kappa shape index (κ2) is 9.61. The molecule has 1 aliphatic carbocycles. The number of carbonyl (C=O) groups is 3. The second-order valence-electron chi connectivity index (χ2n) is 9.32. The summed E-state index contributed by atoms with van der Waals surface area (Å²) in [5.74, 6) is -1.38. The summed E-state index contributed by atoms with van der Waals surface area (Å²) in [7, 11) is 0. The molecule has 1 aromatic heterocycles. The minimum absolute atomic E-state index is 0.0689. The largest absolute Gasteiger partial charge is 0.480 e. The van der Waals surface area contributed by atoms with Crippen LogP contribution in [0.4, 0.5) is 9.59 Å². The summed E-state index contributed by atoms with van der Waals surface area (Å²) >= 11 is 0. The first kappa shape index (κ1) is 24.0. The fourth-order valence-corrected chi connectivity index (χ4v) is 4.08. The number of fused-ring (bicyclic) bond motifs is 3. The van der Waals surface area contributed by atoms with Gasteiger partial charge in [0.2, 0.25) is 0 Å². The Labute approximate surface area is 202 Å². The molecule has 4 rings (SSSR count). The Morgan fingerprint density at radius 3 is 2.23 bits per heavy atom. The van der Waals surface area contributed by atoms with Crippen molar-refractivity contribution in [2.75, 3.05) is 6.61 Å². The summed E-state index contributed by atoms with van der Waals surface area (Å²) in [6, 6.07) is 14.6. The molecule has 2 N–H and O–H groups in total. The topological polar surface area (TPSA) is 120 Å². The van der Waals surface area contributed by atoms with Gasteiger partial charge in [-0.1, -0.05) is 48.5 Å². The first-order valence-corrected chi connectivity index (χ1v) is 11.2. The van der Waals surface area contributed by atoms with Crippen LogP contribution in [0, 0.1) is 0 Å². The van der Waals surface area contributed by atoms with Gasteiger partial charge in [-0.25, -0.2) is 23.9 Å². The predicted molar refractivity (Wildman–Crippen MR) is 127 cm³/mol. The van der Waals surface area contributed by atoms with Crippen LogP contribution in [0.25, 0.3) is 11.1 Å². The van der Waals surface area contributed by atoms with Gasteiger partial charge < -0.3 is 19.9 Å². The van der Waals surface area contributed by atoms with Gasteiger partial charge in [0, 0.05) is 18.5 Å². The fraction of sp³-hybridized carbons (Fsp3) is 0.308. The average molecular weight is 478 g/mol. The quantitative estimate of drug-likeness (QED) is 0.546. The number of carbonyl (C=O) groups excluding carboxylic acids is 2. The van der Waals surface area contributed by atoms with Crippen LogP contribution in [-0.2, 0) is 20.7 Å². The SMILES string of the molecule is CC(C)(C)OC(=O)n1cnc(CC(NC(=O)OCC2c3ccccc3-c3ccccc32)C(=O)O)c1. The van der Waals surface area contributed by atoms with Crippen LogP contribution in [-0.4, -0.2) is 51.1 Å². The number of nitrogens with zero attached hydrogens (tertiary/aromatic N) is 2. The number of benzene rings is 2. The highest BCUT2D eigenvalue weighted by Crippen LogP contribution is 2.44. The van der Waals surface area contributed by atoms with Crippen LogP contribution < -0.4 is 5.32 Å². The lowest BCUT2D eigenvalue weighted by atomic mass is 9.98. The van der Waals surface area contributed by atoms with Crippen molar-refractivity contribution in [1.29, 1.82) is 0 Å². The van der Waals surface area contributed by atoms with Crippen LogP contribution in [0.15, 0.2) is 61.1 Å². The van der Waals surface area contributed by atoms with Gasteiger partial charge in [0.1, 0.15) is 24.6 Å². The van der Waals surface area contributed by atoms with Crippen LogP contribution in [0.3, 0.4) is 0 Å². The zero-order valence-corrected chi connectivity index (χ0v) is 19.7. The van der Waals surface area contributed by atoms with E-state index < -0.39 is 29.8 Å². The molecule has 0 radical (unpaired) electrons. The molecule has 1 atom stereocenters. The lowest BCUT2D eigenvalue weighted by molar-refractivity contribution is -0.139. The van der Waals surface area contributed by atoms with Gasteiger partial charge in [0.05, 0.1) is 5.69 Å². The molecule has 0 fully saturated rings. The highest BCUT2D eigenvalue weighted by Gasteiger charge is 2.30. The van der Waals surface area contributed by atoms with Crippen LogP contribution >= 0.6 is 0 Å². The Morgan fingerprint density at radius 1 is 1.06 bits per heavy atom. The van der Waals surface area contributed by atoms with Gasteiger partial charge in [0.15, 0.2) is 0 Å². The van der Waals surface area contributed by atoms with Crippen molar-refractivity contribution in [2.24, 2.45) is 0 Å². The smallest absolute Gasteiger partial charge is 0.419 e. The molecule has 1 aliphatic rings. The Kier molecular flexibility index (Phi) is 6.59. The highest BCUT2D eigenvalue weighted by atomic mass is 16.6. The van der Waals surface area contributed by atoms with E-state index in [1.165, 1.54) is 12.5 Å². The number of carboxylic acids is 1. The zero-order valence-electron chi connectivity index (χ0n) is 19.7. The third-order valence-corrected chi connectivity index (χ3v) is 5.59. The lowest BCUT2D eigenvalue weighted by Gasteiger charge is -2.19. The first-order chi connectivity index (χ1) is 16.6. The van der Waals surface area contributed by atoms with E-state index in [4.69, 9.17) is 9.47 Å². The van der Waals surface area contributed by atoms with Gasteiger partial charge in [-0.2, -0.15) is 0 Å². The van der Waals surface area contributed by atoms with Crippen molar-refractivity contribution in [1.82, 2.24) is 14.9 Å². The van der Waals surface area contributed by atoms with E-state index in [2.05, 4.69) is 10.3 Å². The molecule has 1 unspecified atom stereocenters. The van der Waals surface area contributed by atoms with E-state index in [0.29, 0.717) is 5.69 Å². The summed E-state index contributed by atoms with van der Waals surface area (Å²) in [6.45, 7) is 5.28. The fourth-order valence-electron chi connectivity index (χ4n) is 4.08. The summed E-state index contributed by atoms with van der Waals surface area (Å²) in [4.78, 5) is 40.5. The van der Waals surface area contributed by atoms with Crippen molar-refractivity contribution >= 4 is 18.2 Å². The zero-order chi connectivity index (χ0) is 25.2. The van der Waals surface area contributed by atoms with Crippen molar-refractivity contribution in [3.8, 4) is 11.1 Å². The summed E-state index contributed by atoms with van der Waals surface area (Å²) in [6.07, 6.45) is 1.02. The third kappa shape index (κ3) is 5.51. The molecule has 2 aromatic carbocycles. The maximum absolute atomic E-state index is 12.5. The number of carboxylic acid groups (broad SMARTS) is 1. The number of hydrogen-bond acceptors (Lipinski definition) is 6. The number of ether oxygens (including phenoxy) is 2. The number of aromatic nitrogens is 2. The van der Waals surface area contributed by atoms with Crippen LogP contribution in [0.5, 0.6) is 0 Å². The molecule has 0 bridgehead atoms. The molecule has 0 aliphatic heterocycles. The van der Waals surface area contributed by atoms with E-state index in [0.717, 1.165) is 26.8 Å². The summed E-state index contributed by atoms with van der Waals surface area (Å²) in [5.41, 5.74) is 3.94. The van der Waals surface area contributed by atoms with Gasteiger partial charge in [-0.05, 0) is 43.0 Å². The summed E-state index contributed by atoms with van der Waals surface area (Å²) < 4.78 is 11.8. The maximum atomic E-state index is 12.5. The number of nitrogens with one attached hydrogen (secondary N) is 1. The van der Waals surface area contributed by atoms with Gasteiger partial charge in [-0.3, -0.25) is 0 Å². The Morgan fingerprint density at radius 2 is 1.66 bits per heavy atom. The molecular formula is C26H27N3O6. The van der Waals surface area contributed by atoms with Crippen LogP contribution in [0.2, 0.25) is 0 Å². The van der Waals surface area contributed by atoms with Crippen molar-refractivity contribution in [3.63, 3.8) is 0 Å². The van der Waals surface area contributed by atoms with E-state index in [9.17, 15) is 19.5 Å². The van der Waals surface area contributed by atoms with E-state index in [-0.39, 0.29) is 18.9 Å². The number of amides is 1. The van der Waals surface area contributed by atoms with Crippen molar-refractivity contribution < 1.29 is 29.0 Å². The molecule has 9 heteroatoms. The van der Waals surface area contributed by atoms with Gasteiger partial charge in [0.25, 0.3) is 0 Å². The molecule has 3 aromatic rings. The molecular weight excluding hydrogens is 450 g/mol. The highest BCUT2D eigenvalue weighted by molar-refractivity contribution is 5.81. The average Bonchev–Trinajstić information content (AvgIpc) is 3.39. The first-order valence-electron chi connectivity index (χ1n) is 11.2. The van der Waals surface area contributed by atoms with Crippen LogP contribution in [0.1, 0.15) is 43.5 Å². The van der Waals surface area contributed by atoms with Gasteiger partial charge in [-0.15, -0.1) is 0 Å². The molecule has 0 spiro atoms. The number of imidazole rings is 1. The minimum atomic E-state index is -1.28. The molecule has 0 saturated heterocycles. The van der Waals surface area contributed by atoms with Crippen molar-refractivity contribution in [3.05, 3.63) is 77.9 Å². The Balaban J connectivity index is 1.38. The Hall–Kier alpha value is -4.14. The molecule has 9 nitrogen and oxygen atoms in total. The monoisotopic (exact) mass is 477 g/mol. The number of alkyl carbamates (subject to hydrolysis) is 1. The molecule has 1 amide bonds. The molecule has 1 heterocycles. The lowest BCUT2D eigenvalue weighted by Crippen LogP contribution is -2.43. The van der Waals surface area contributed by atoms with E-state index in [1.54, 1.807) is 20.8 Å². The van der Waals surface area contributed by atoms with Crippen molar-refractivity contribution in [2.45, 2.75) is 44.8 Å². The van der Waals surface area contributed by atoms with E-state index in [1.807, 2.05) is 48.5 Å². The Bertz CT molecular complexity index is 1210. The standard InChI is InChI=1S/C26H27N3O6/c1-26(2,3)35-25(33)29-13-16(27-15-29)12-22(23(30)31)28-24(32)34-14-21-19-10-6-4-8-17(19)18-9-5-7-11-20(18)21/h4-11,13,15,21-22H,12,14H2,1-3H3,(H,28,32)(H,30,31). The maximum Gasteiger partial charge on any atom is 0.419 e. The van der Waals surface area contributed by atoms with E-state index >= 15 is 0 Å². The number of aliphatic carboxylic acids is 1. The normalized spacial score (nSPS) is 13.5. The third-order valence-electron chi connectivity index (χ3n) is 5.59. The summed E-state index contributed by atoms with van der Waals surface area (Å²) in [5, 5.41) is 12.0. The number of rotatable bonds is 6. The molecule has 182 valence electrons. The minimum Gasteiger partial charge on any atom is -0.480 e. The van der Waals surface area contributed by atoms with Gasteiger partial charge >= 0.3 is 18.2 Å².